The zero-order valence-corrected chi connectivity index (χ0v) is 17.1. The number of nitrogens with zero attached hydrogens (tertiary/aromatic N) is 5. The number of likely N-dealkylation sites (tertiary alicyclic amines) is 1. The Morgan fingerprint density at radius 2 is 1.96 bits per heavy atom. The van der Waals surface area contributed by atoms with Gasteiger partial charge in [-0.3, -0.25) is 4.79 Å². The van der Waals surface area contributed by atoms with Crippen LogP contribution < -0.4 is 4.74 Å². The lowest BCUT2D eigenvalue weighted by atomic mass is 9.75. The Hall–Kier alpha value is -2.09. The number of aromatic nitrogens is 4. The van der Waals surface area contributed by atoms with E-state index in [4.69, 9.17) is 4.74 Å². The van der Waals surface area contributed by atoms with Crippen molar-refractivity contribution in [1.29, 1.82) is 0 Å². The lowest BCUT2D eigenvalue weighted by molar-refractivity contribution is -0.131. The van der Waals surface area contributed by atoms with Gasteiger partial charge in [0.1, 0.15) is 5.75 Å². The Morgan fingerprint density at radius 3 is 2.75 bits per heavy atom. The fourth-order valence-electron chi connectivity index (χ4n) is 4.35. The molecule has 8 heteroatoms. The Morgan fingerprint density at radius 1 is 1.18 bits per heavy atom. The maximum atomic E-state index is 12.7. The zero-order chi connectivity index (χ0) is 19.3. The number of hydrogen-bond donors (Lipinski definition) is 0. The quantitative estimate of drug-likeness (QED) is 0.693. The third-order valence-electron chi connectivity index (χ3n) is 5.96. The Kier molecular flexibility index (Phi) is 6.14. The molecule has 2 aliphatic rings. The molecule has 2 aromatic rings. The van der Waals surface area contributed by atoms with Crippen LogP contribution >= 0.6 is 11.8 Å². The second-order valence-corrected chi connectivity index (χ2v) is 8.63. The van der Waals surface area contributed by atoms with E-state index in [-0.39, 0.29) is 5.91 Å². The number of piperidine rings is 1. The Balaban J connectivity index is 1.31. The van der Waals surface area contributed by atoms with Gasteiger partial charge in [0, 0.05) is 13.1 Å². The van der Waals surface area contributed by atoms with Crippen molar-refractivity contribution in [2.75, 3.05) is 26.0 Å². The van der Waals surface area contributed by atoms with Crippen molar-refractivity contribution in [3.05, 3.63) is 29.8 Å². The van der Waals surface area contributed by atoms with Crippen molar-refractivity contribution in [3.63, 3.8) is 0 Å². The molecule has 0 radical (unpaired) electrons. The number of rotatable bonds is 6. The molecule has 2 fully saturated rings. The number of ether oxygens (including phenoxy) is 1. The van der Waals surface area contributed by atoms with E-state index in [0.717, 1.165) is 36.7 Å². The summed E-state index contributed by atoms with van der Waals surface area (Å²) < 4.78 is 6.93. The van der Waals surface area contributed by atoms with Crippen molar-refractivity contribution >= 4 is 17.7 Å². The Bertz CT molecular complexity index is 794. The van der Waals surface area contributed by atoms with Gasteiger partial charge in [0.2, 0.25) is 11.1 Å². The van der Waals surface area contributed by atoms with E-state index in [1.54, 1.807) is 11.8 Å². The van der Waals surface area contributed by atoms with Crippen molar-refractivity contribution in [1.82, 2.24) is 25.1 Å². The summed E-state index contributed by atoms with van der Waals surface area (Å²) in [6, 6.07) is 7.83. The van der Waals surface area contributed by atoms with Crippen LogP contribution in [-0.4, -0.2) is 57.0 Å². The highest BCUT2D eigenvalue weighted by atomic mass is 32.2. The molecule has 1 aliphatic heterocycles. The molecule has 1 saturated heterocycles. The van der Waals surface area contributed by atoms with Crippen LogP contribution in [0.1, 0.15) is 37.7 Å². The number of thioether (sulfide) groups is 1. The second kappa shape index (κ2) is 8.94. The number of fused-ring (bicyclic) bond motifs is 1. The van der Waals surface area contributed by atoms with Crippen LogP contribution in [0, 0.1) is 11.8 Å². The van der Waals surface area contributed by atoms with Gasteiger partial charge in [-0.1, -0.05) is 43.2 Å². The normalized spacial score (nSPS) is 22.0. The van der Waals surface area contributed by atoms with Crippen LogP contribution in [0.5, 0.6) is 5.75 Å². The molecule has 0 N–H and O–H groups in total. The van der Waals surface area contributed by atoms with Crippen LogP contribution in [0.25, 0.3) is 0 Å². The molecule has 28 heavy (non-hydrogen) atoms. The predicted molar refractivity (Wildman–Crippen MR) is 107 cm³/mol. The average molecular weight is 402 g/mol. The maximum Gasteiger partial charge on any atom is 0.233 e. The molecule has 1 saturated carbocycles. The number of methoxy groups -OCH3 is 1. The second-order valence-electron chi connectivity index (χ2n) is 7.69. The first-order valence-electron chi connectivity index (χ1n) is 10.0. The minimum Gasteiger partial charge on any atom is -0.497 e. The van der Waals surface area contributed by atoms with Crippen molar-refractivity contribution in [3.8, 4) is 5.75 Å². The van der Waals surface area contributed by atoms with Crippen LogP contribution in [-0.2, 0) is 11.3 Å². The maximum absolute atomic E-state index is 12.7. The first kappa shape index (κ1) is 19.2. The highest BCUT2D eigenvalue weighted by Gasteiger charge is 2.32. The molecule has 0 spiro atoms. The van der Waals surface area contributed by atoms with E-state index in [9.17, 15) is 4.79 Å². The van der Waals surface area contributed by atoms with Crippen molar-refractivity contribution in [2.24, 2.45) is 11.8 Å². The molecular formula is C20H27N5O2S. The SMILES string of the molecule is COc1ccc(Cn2nnnc2SCC(=O)N2CC[C@H]3CCCC[C@H]3C2)cc1. The van der Waals surface area contributed by atoms with Crippen molar-refractivity contribution < 1.29 is 9.53 Å². The third-order valence-corrected chi connectivity index (χ3v) is 6.90. The molecule has 7 nitrogen and oxygen atoms in total. The summed E-state index contributed by atoms with van der Waals surface area (Å²) in [4.78, 5) is 14.8. The van der Waals surface area contributed by atoms with Crippen molar-refractivity contribution in [2.45, 2.75) is 43.8 Å². The molecule has 4 rings (SSSR count). The van der Waals surface area contributed by atoms with Gasteiger partial charge in [-0.2, -0.15) is 0 Å². The molecule has 1 aliphatic carbocycles. The lowest BCUT2D eigenvalue weighted by Crippen LogP contribution is -2.45. The minimum absolute atomic E-state index is 0.202. The molecule has 0 unspecified atom stereocenters. The number of benzene rings is 1. The number of carbonyl (C=O) groups excluding carboxylic acids is 1. The summed E-state index contributed by atoms with van der Waals surface area (Å²) in [6.45, 7) is 2.40. The molecular weight excluding hydrogens is 374 g/mol. The van der Waals surface area contributed by atoms with Gasteiger partial charge < -0.3 is 9.64 Å². The first-order valence-corrected chi connectivity index (χ1v) is 11.0. The van der Waals surface area contributed by atoms with E-state index in [0.29, 0.717) is 23.4 Å². The van der Waals surface area contributed by atoms with Gasteiger partial charge in [-0.15, -0.1) is 5.10 Å². The first-order chi connectivity index (χ1) is 13.7. The van der Waals surface area contributed by atoms with Crippen LogP contribution in [0.4, 0.5) is 0 Å². The van der Waals surface area contributed by atoms with Gasteiger partial charge in [0.15, 0.2) is 0 Å². The molecule has 1 aromatic heterocycles. The zero-order valence-electron chi connectivity index (χ0n) is 16.3. The smallest absolute Gasteiger partial charge is 0.233 e. The lowest BCUT2D eigenvalue weighted by Gasteiger charge is -2.41. The fourth-order valence-corrected chi connectivity index (χ4v) is 5.13. The van der Waals surface area contributed by atoms with Crippen LogP contribution in [0.3, 0.4) is 0 Å². The predicted octanol–water partition coefficient (Wildman–Crippen LogP) is 2.86. The highest BCUT2D eigenvalue weighted by molar-refractivity contribution is 7.99. The summed E-state index contributed by atoms with van der Waals surface area (Å²) in [7, 11) is 1.65. The molecule has 2 heterocycles. The number of tetrazole rings is 1. The standard InChI is InChI=1S/C20H27N5O2S/c1-27-18-8-6-15(7-9-18)12-25-20(21-22-23-25)28-14-19(26)24-11-10-16-4-2-3-5-17(16)13-24/h6-9,16-17H,2-5,10-14H2,1H3/t16-,17+/m1/s1. The molecule has 1 aromatic carbocycles. The van der Waals surface area contributed by atoms with Gasteiger partial charge >= 0.3 is 0 Å². The topological polar surface area (TPSA) is 73.1 Å². The van der Waals surface area contributed by atoms with E-state index in [1.807, 2.05) is 24.3 Å². The van der Waals surface area contributed by atoms with Gasteiger partial charge in [0.25, 0.3) is 0 Å². The Labute approximate surface area is 169 Å². The summed E-state index contributed by atoms with van der Waals surface area (Å²) in [5.41, 5.74) is 1.08. The molecule has 2 atom stereocenters. The number of carbonyl (C=O) groups is 1. The minimum atomic E-state index is 0.202. The van der Waals surface area contributed by atoms with E-state index >= 15 is 0 Å². The average Bonchev–Trinajstić information content (AvgIpc) is 3.19. The summed E-state index contributed by atoms with van der Waals surface area (Å²) in [5.74, 6) is 2.95. The number of hydrogen-bond acceptors (Lipinski definition) is 6. The molecule has 150 valence electrons. The van der Waals surface area contributed by atoms with E-state index in [2.05, 4.69) is 20.4 Å². The fraction of sp³-hybridized carbons (Fsp3) is 0.600. The monoisotopic (exact) mass is 401 g/mol. The third kappa shape index (κ3) is 4.48. The van der Waals surface area contributed by atoms with Crippen LogP contribution in [0.15, 0.2) is 29.4 Å². The summed E-state index contributed by atoms with van der Waals surface area (Å²) in [6.07, 6.45) is 6.47. The highest BCUT2D eigenvalue weighted by Crippen LogP contribution is 2.36. The van der Waals surface area contributed by atoms with E-state index in [1.165, 1.54) is 37.4 Å². The van der Waals surface area contributed by atoms with Gasteiger partial charge in [-0.25, -0.2) is 4.68 Å². The summed E-state index contributed by atoms with van der Waals surface area (Å²) in [5, 5.41) is 12.6. The largest absolute Gasteiger partial charge is 0.497 e. The summed E-state index contributed by atoms with van der Waals surface area (Å²) >= 11 is 1.42. The van der Waals surface area contributed by atoms with Crippen LogP contribution in [0.2, 0.25) is 0 Å². The van der Waals surface area contributed by atoms with Gasteiger partial charge in [-0.05, 0) is 52.8 Å². The molecule has 1 amide bonds. The van der Waals surface area contributed by atoms with Gasteiger partial charge in [0.05, 0.1) is 19.4 Å². The number of amides is 1. The van der Waals surface area contributed by atoms with E-state index < -0.39 is 0 Å². The molecule has 0 bridgehead atoms.